The molecule has 0 aliphatic carbocycles. The minimum absolute atomic E-state index is 0.197. The third-order valence-electron chi connectivity index (χ3n) is 3.94. The van der Waals surface area contributed by atoms with Gasteiger partial charge in [0.1, 0.15) is 11.9 Å². The quantitative estimate of drug-likeness (QED) is 0.693. The van der Waals surface area contributed by atoms with E-state index < -0.39 is 11.9 Å². The maximum Gasteiger partial charge on any atom is 0.166 e. The van der Waals surface area contributed by atoms with Gasteiger partial charge in [-0.3, -0.25) is 0 Å². The Morgan fingerprint density at radius 2 is 2.00 bits per heavy atom. The molecule has 0 aliphatic rings. The molecule has 0 radical (unpaired) electrons. The number of benzene rings is 2. The molecule has 1 aromatic heterocycles. The fourth-order valence-corrected chi connectivity index (χ4v) is 2.88. The zero-order chi connectivity index (χ0) is 18.7. The van der Waals surface area contributed by atoms with Crippen LogP contribution < -0.4 is 10.5 Å². The number of anilines is 1. The van der Waals surface area contributed by atoms with Gasteiger partial charge in [-0.25, -0.2) is 9.37 Å². The van der Waals surface area contributed by atoms with Crippen molar-refractivity contribution in [3.8, 4) is 22.9 Å². The monoisotopic (exact) mass is 367 g/mol. The van der Waals surface area contributed by atoms with Crippen molar-refractivity contribution in [2.75, 3.05) is 5.73 Å². The average Bonchev–Trinajstić information content (AvgIpc) is 2.65. The first-order valence-corrected chi connectivity index (χ1v) is 8.24. The number of nitriles is 1. The van der Waals surface area contributed by atoms with Crippen molar-refractivity contribution in [1.29, 1.82) is 5.26 Å². The number of hydrogen-bond acceptors (Lipinski definition) is 4. The third kappa shape index (κ3) is 3.61. The van der Waals surface area contributed by atoms with Crippen LogP contribution in [0.5, 0.6) is 5.75 Å². The predicted octanol–water partition coefficient (Wildman–Crippen LogP) is 5.13. The van der Waals surface area contributed by atoms with Crippen molar-refractivity contribution in [1.82, 2.24) is 4.98 Å². The van der Waals surface area contributed by atoms with Gasteiger partial charge in [0.05, 0.1) is 11.6 Å². The first kappa shape index (κ1) is 17.7. The van der Waals surface area contributed by atoms with Crippen molar-refractivity contribution in [3.63, 3.8) is 0 Å². The number of pyridine rings is 1. The van der Waals surface area contributed by atoms with E-state index in [0.29, 0.717) is 27.5 Å². The Labute approximate surface area is 155 Å². The standard InChI is InChI=1S/C20H15ClFN3O/c1-12(17-9-15(22)6-7-18(17)21)26-19-8-14(11-25-20(19)24)16-5-3-2-4-13(16)10-23/h2-9,11-12H,1H3,(H2,24,25). The summed E-state index contributed by atoms with van der Waals surface area (Å²) in [6, 6.07) is 15.1. The molecule has 130 valence electrons. The number of hydrogen-bond donors (Lipinski definition) is 1. The van der Waals surface area contributed by atoms with Crippen LogP contribution in [-0.2, 0) is 0 Å². The van der Waals surface area contributed by atoms with Crippen molar-refractivity contribution in [2.45, 2.75) is 13.0 Å². The Balaban J connectivity index is 1.96. The Morgan fingerprint density at radius 1 is 1.23 bits per heavy atom. The molecule has 0 bridgehead atoms. The molecular weight excluding hydrogens is 353 g/mol. The highest BCUT2D eigenvalue weighted by atomic mass is 35.5. The van der Waals surface area contributed by atoms with E-state index in [1.807, 2.05) is 12.1 Å². The summed E-state index contributed by atoms with van der Waals surface area (Å²) in [5, 5.41) is 9.68. The van der Waals surface area contributed by atoms with Crippen LogP contribution in [0.2, 0.25) is 5.02 Å². The Bertz CT molecular complexity index is 1000. The van der Waals surface area contributed by atoms with E-state index in [2.05, 4.69) is 11.1 Å². The van der Waals surface area contributed by atoms with Gasteiger partial charge in [-0.1, -0.05) is 29.8 Å². The zero-order valence-corrected chi connectivity index (χ0v) is 14.7. The van der Waals surface area contributed by atoms with Gasteiger partial charge in [0.25, 0.3) is 0 Å². The summed E-state index contributed by atoms with van der Waals surface area (Å²) >= 11 is 6.13. The molecule has 0 saturated carbocycles. The second kappa shape index (κ2) is 7.42. The molecule has 2 N–H and O–H groups in total. The molecule has 4 nitrogen and oxygen atoms in total. The molecule has 6 heteroatoms. The Morgan fingerprint density at radius 3 is 2.77 bits per heavy atom. The molecule has 0 spiro atoms. The summed E-state index contributed by atoms with van der Waals surface area (Å²) in [5.41, 5.74) is 8.38. The molecule has 0 saturated heterocycles. The summed E-state index contributed by atoms with van der Waals surface area (Å²) in [6.45, 7) is 1.75. The molecule has 0 amide bonds. The van der Waals surface area contributed by atoms with Crippen molar-refractivity contribution in [3.05, 3.63) is 76.7 Å². The van der Waals surface area contributed by atoms with Crippen LogP contribution >= 0.6 is 11.6 Å². The Hall–Kier alpha value is -3.10. The lowest BCUT2D eigenvalue weighted by atomic mass is 10.0. The van der Waals surface area contributed by atoms with Crippen LogP contribution in [-0.4, -0.2) is 4.98 Å². The largest absolute Gasteiger partial charge is 0.482 e. The van der Waals surface area contributed by atoms with Gasteiger partial charge in [-0.05, 0) is 37.3 Å². The van der Waals surface area contributed by atoms with Gasteiger partial charge >= 0.3 is 0 Å². The van der Waals surface area contributed by atoms with E-state index in [1.54, 1.807) is 31.3 Å². The molecule has 3 aromatic rings. The summed E-state index contributed by atoms with van der Waals surface area (Å²) in [7, 11) is 0. The first-order chi connectivity index (χ1) is 12.5. The lowest BCUT2D eigenvalue weighted by Gasteiger charge is -2.18. The van der Waals surface area contributed by atoms with Crippen molar-refractivity contribution >= 4 is 17.4 Å². The number of nitrogen functional groups attached to an aromatic ring is 1. The van der Waals surface area contributed by atoms with Gasteiger partial charge in [-0.15, -0.1) is 0 Å². The Kier molecular flexibility index (Phi) is 5.06. The SMILES string of the molecule is CC(Oc1cc(-c2ccccc2C#N)cnc1N)c1cc(F)ccc1Cl. The van der Waals surface area contributed by atoms with Crippen molar-refractivity contribution in [2.24, 2.45) is 0 Å². The predicted molar refractivity (Wildman–Crippen MR) is 99.3 cm³/mol. The molecule has 1 heterocycles. The summed E-state index contributed by atoms with van der Waals surface area (Å²) in [6.07, 6.45) is 1.04. The van der Waals surface area contributed by atoms with Crippen LogP contribution in [0.3, 0.4) is 0 Å². The summed E-state index contributed by atoms with van der Waals surface area (Å²) < 4.78 is 19.4. The molecule has 1 atom stereocenters. The second-order valence-corrected chi connectivity index (χ2v) is 6.10. The number of nitrogens with two attached hydrogens (primary N) is 1. The fourth-order valence-electron chi connectivity index (χ4n) is 2.61. The molecule has 1 unspecified atom stereocenters. The molecule has 0 fully saturated rings. The molecular formula is C20H15ClFN3O. The maximum atomic E-state index is 13.5. The van der Waals surface area contributed by atoms with Crippen LogP contribution in [0, 0.1) is 17.1 Å². The van der Waals surface area contributed by atoms with Gasteiger partial charge in [-0.2, -0.15) is 5.26 Å². The number of ether oxygens (including phenoxy) is 1. The van der Waals surface area contributed by atoms with E-state index in [1.165, 1.54) is 18.2 Å². The topological polar surface area (TPSA) is 71.9 Å². The van der Waals surface area contributed by atoms with Gasteiger partial charge < -0.3 is 10.5 Å². The van der Waals surface area contributed by atoms with Gasteiger partial charge in [0.15, 0.2) is 11.6 Å². The molecule has 2 aromatic carbocycles. The maximum absolute atomic E-state index is 13.5. The number of aromatic nitrogens is 1. The minimum Gasteiger partial charge on any atom is -0.482 e. The molecule has 0 aliphatic heterocycles. The highest BCUT2D eigenvalue weighted by Gasteiger charge is 2.16. The number of halogens is 2. The highest BCUT2D eigenvalue weighted by Crippen LogP contribution is 2.33. The smallest absolute Gasteiger partial charge is 0.166 e. The molecule has 26 heavy (non-hydrogen) atoms. The average molecular weight is 368 g/mol. The van der Waals surface area contributed by atoms with Crippen LogP contribution in [0.4, 0.5) is 10.2 Å². The van der Waals surface area contributed by atoms with E-state index in [4.69, 9.17) is 22.1 Å². The van der Waals surface area contributed by atoms with E-state index >= 15 is 0 Å². The normalized spacial score (nSPS) is 11.6. The summed E-state index contributed by atoms with van der Waals surface area (Å²) in [5.74, 6) is 0.133. The lowest BCUT2D eigenvalue weighted by molar-refractivity contribution is 0.227. The van der Waals surface area contributed by atoms with Crippen LogP contribution in [0.25, 0.3) is 11.1 Å². The minimum atomic E-state index is -0.538. The number of nitrogens with zero attached hydrogens (tertiary/aromatic N) is 2. The van der Waals surface area contributed by atoms with Crippen LogP contribution in [0.15, 0.2) is 54.7 Å². The van der Waals surface area contributed by atoms with Gasteiger partial charge in [0.2, 0.25) is 0 Å². The van der Waals surface area contributed by atoms with E-state index in [0.717, 1.165) is 5.56 Å². The second-order valence-electron chi connectivity index (χ2n) is 5.69. The lowest BCUT2D eigenvalue weighted by Crippen LogP contribution is -2.07. The molecule has 3 rings (SSSR count). The van der Waals surface area contributed by atoms with Crippen LogP contribution in [0.1, 0.15) is 24.2 Å². The third-order valence-corrected chi connectivity index (χ3v) is 4.28. The fraction of sp³-hybridized carbons (Fsp3) is 0.100. The van der Waals surface area contributed by atoms with E-state index in [-0.39, 0.29) is 5.82 Å². The number of rotatable bonds is 4. The van der Waals surface area contributed by atoms with E-state index in [9.17, 15) is 9.65 Å². The van der Waals surface area contributed by atoms with Gasteiger partial charge in [0, 0.05) is 27.9 Å². The first-order valence-electron chi connectivity index (χ1n) is 7.86. The highest BCUT2D eigenvalue weighted by molar-refractivity contribution is 6.31. The van der Waals surface area contributed by atoms with Crippen molar-refractivity contribution < 1.29 is 9.13 Å². The zero-order valence-electron chi connectivity index (χ0n) is 13.9. The summed E-state index contributed by atoms with van der Waals surface area (Å²) in [4.78, 5) is 4.15.